The van der Waals surface area contributed by atoms with E-state index in [9.17, 15) is 5.11 Å². The van der Waals surface area contributed by atoms with Crippen LogP contribution in [-0.4, -0.2) is 23.8 Å². The van der Waals surface area contributed by atoms with E-state index < -0.39 is 0 Å². The molecule has 0 aliphatic rings. The van der Waals surface area contributed by atoms with E-state index in [1.807, 2.05) is 37.3 Å². The van der Waals surface area contributed by atoms with Crippen LogP contribution in [-0.2, 0) is 24.2 Å². The zero-order chi connectivity index (χ0) is 15.1. The van der Waals surface area contributed by atoms with Crippen LogP contribution in [0.5, 0.6) is 11.6 Å². The molecule has 0 aliphatic carbocycles. The average Bonchev–Trinajstić information content (AvgIpc) is 2.53. The summed E-state index contributed by atoms with van der Waals surface area (Å²) in [4.78, 5) is 4.41. The van der Waals surface area contributed by atoms with Gasteiger partial charge in [0, 0.05) is 18.9 Å². The highest BCUT2D eigenvalue weighted by Gasteiger charge is 2.04. The number of hydrogen-bond acceptors (Lipinski definition) is 4. The van der Waals surface area contributed by atoms with Gasteiger partial charge in [-0.1, -0.05) is 19.1 Å². The van der Waals surface area contributed by atoms with E-state index in [0.717, 1.165) is 29.8 Å². The maximum absolute atomic E-state index is 9.27. The third kappa shape index (κ3) is 4.55. The molecule has 0 unspecified atom stereocenters. The Morgan fingerprint density at radius 3 is 2.48 bits per heavy atom. The Labute approximate surface area is 125 Å². The van der Waals surface area contributed by atoms with Gasteiger partial charge in [0.1, 0.15) is 5.75 Å². The number of aliphatic hydroxyl groups is 1. The van der Waals surface area contributed by atoms with Crippen LogP contribution < -0.4 is 4.74 Å². The van der Waals surface area contributed by atoms with Crippen molar-refractivity contribution in [1.29, 1.82) is 0 Å². The molecule has 21 heavy (non-hydrogen) atoms. The third-order valence-corrected chi connectivity index (χ3v) is 3.20. The van der Waals surface area contributed by atoms with Crippen LogP contribution in [0.2, 0.25) is 0 Å². The SMILES string of the molecule is CCc1cc(CO)cc(Oc2ccc(CCOC)cc2)n1. The maximum atomic E-state index is 9.27. The topological polar surface area (TPSA) is 51.6 Å². The molecular weight excluding hydrogens is 266 g/mol. The predicted molar refractivity (Wildman–Crippen MR) is 81.6 cm³/mol. The van der Waals surface area contributed by atoms with E-state index >= 15 is 0 Å². The number of pyridine rings is 1. The molecule has 0 atom stereocenters. The summed E-state index contributed by atoms with van der Waals surface area (Å²) in [5.74, 6) is 1.25. The molecule has 4 nitrogen and oxygen atoms in total. The zero-order valence-corrected chi connectivity index (χ0v) is 12.5. The van der Waals surface area contributed by atoms with Crippen LogP contribution in [0, 0.1) is 0 Å². The van der Waals surface area contributed by atoms with Crippen LogP contribution in [0.1, 0.15) is 23.7 Å². The van der Waals surface area contributed by atoms with Gasteiger partial charge in [-0.15, -0.1) is 0 Å². The second-order valence-electron chi connectivity index (χ2n) is 4.81. The number of aliphatic hydroxyl groups excluding tert-OH is 1. The molecule has 0 amide bonds. The summed E-state index contributed by atoms with van der Waals surface area (Å²) >= 11 is 0. The first-order valence-electron chi connectivity index (χ1n) is 7.11. The van der Waals surface area contributed by atoms with Gasteiger partial charge >= 0.3 is 0 Å². The first kappa shape index (κ1) is 15.5. The van der Waals surface area contributed by atoms with E-state index in [4.69, 9.17) is 9.47 Å². The molecule has 2 aromatic rings. The lowest BCUT2D eigenvalue weighted by Crippen LogP contribution is -1.97. The summed E-state index contributed by atoms with van der Waals surface area (Å²) in [5, 5.41) is 9.27. The Kier molecular flexibility index (Phi) is 5.72. The van der Waals surface area contributed by atoms with E-state index in [1.165, 1.54) is 5.56 Å². The van der Waals surface area contributed by atoms with Crippen molar-refractivity contribution in [2.75, 3.05) is 13.7 Å². The Morgan fingerprint density at radius 2 is 1.86 bits per heavy atom. The Balaban J connectivity index is 2.10. The van der Waals surface area contributed by atoms with Gasteiger partial charge < -0.3 is 14.6 Å². The van der Waals surface area contributed by atoms with Gasteiger partial charge in [0.2, 0.25) is 5.88 Å². The average molecular weight is 287 g/mol. The Hall–Kier alpha value is -1.91. The number of benzene rings is 1. The molecule has 0 fully saturated rings. The van der Waals surface area contributed by atoms with E-state index in [2.05, 4.69) is 4.98 Å². The van der Waals surface area contributed by atoms with Gasteiger partial charge in [-0.3, -0.25) is 0 Å². The number of nitrogens with zero attached hydrogens (tertiary/aromatic N) is 1. The van der Waals surface area contributed by atoms with E-state index in [1.54, 1.807) is 13.2 Å². The summed E-state index contributed by atoms with van der Waals surface area (Å²) in [6.45, 7) is 2.72. The molecule has 0 spiro atoms. The number of rotatable bonds is 7. The minimum atomic E-state index is -0.0121. The van der Waals surface area contributed by atoms with Crippen molar-refractivity contribution in [2.24, 2.45) is 0 Å². The number of aromatic nitrogens is 1. The molecule has 112 valence electrons. The van der Waals surface area contributed by atoms with Gasteiger partial charge in [-0.25, -0.2) is 4.98 Å². The van der Waals surface area contributed by atoms with E-state index in [0.29, 0.717) is 12.5 Å². The summed E-state index contributed by atoms with van der Waals surface area (Å²) in [5.41, 5.74) is 2.93. The molecule has 0 bridgehead atoms. The first-order chi connectivity index (χ1) is 10.2. The largest absolute Gasteiger partial charge is 0.439 e. The lowest BCUT2D eigenvalue weighted by molar-refractivity contribution is 0.202. The normalized spacial score (nSPS) is 10.6. The van der Waals surface area contributed by atoms with Crippen molar-refractivity contribution in [3.8, 4) is 11.6 Å². The standard InChI is InChI=1S/C17H21NO3/c1-3-15-10-14(12-19)11-17(18-15)21-16-6-4-13(5-7-16)8-9-20-2/h4-7,10-11,19H,3,8-9,12H2,1-2H3. The smallest absolute Gasteiger partial charge is 0.219 e. The van der Waals surface area contributed by atoms with Crippen LogP contribution in [0.15, 0.2) is 36.4 Å². The minimum Gasteiger partial charge on any atom is -0.439 e. The molecular formula is C17H21NO3. The second kappa shape index (κ2) is 7.76. The highest BCUT2D eigenvalue weighted by atomic mass is 16.5. The molecule has 1 aromatic carbocycles. The van der Waals surface area contributed by atoms with Gasteiger partial charge in [0.25, 0.3) is 0 Å². The molecule has 2 rings (SSSR count). The highest BCUT2D eigenvalue weighted by Crippen LogP contribution is 2.22. The number of aryl methyl sites for hydroxylation is 1. The summed E-state index contributed by atoms with van der Waals surface area (Å²) in [6, 6.07) is 11.5. The van der Waals surface area contributed by atoms with E-state index in [-0.39, 0.29) is 6.61 Å². The van der Waals surface area contributed by atoms with Crippen molar-refractivity contribution in [3.05, 3.63) is 53.2 Å². The Bertz CT molecular complexity index is 544. The van der Waals surface area contributed by atoms with Crippen LogP contribution >= 0.6 is 0 Å². The molecule has 1 N–H and O–H groups in total. The van der Waals surface area contributed by atoms with Gasteiger partial charge in [-0.05, 0) is 42.2 Å². The second-order valence-corrected chi connectivity index (χ2v) is 4.81. The fraction of sp³-hybridized carbons (Fsp3) is 0.353. The first-order valence-corrected chi connectivity index (χ1v) is 7.11. The van der Waals surface area contributed by atoms with Crippen molar-refractivity contribution in [3.63, 3.8) is 0 Å². The quantitative estimate of drug-likeness (QED) is 0.850. The minimum absolute atomic E-state index is 0.0121. The lowest BCUT2D eigenvalue weighted by Gasteiger charge is -2.09. The maximum Gasteiger partial charge on any atom is 0.219 e. The van der Waals surface area contributed by atoms with Crippen LogP contribution in [0.25, 0.3) is 0 Å². The third-order valence-electron chi connectivity index (χ3n) is 3.20. The lowest BCUT2D eigenvalue weighted by atomic mass is 10.1. The number of ether oxygens (including phenoxy) is 2. The van der Waals surface area contributed by atoms with Crippen molar-refractivity contribution < 1.29 is 14.6 Å². The highest BCUT2D eigenvalue weighted by molar-refractivity contribution is 5.32. The van der Waals surface area contributed by atoms with Gasteiger partial charge in [0.05, 0.1) is 13.2 Å². The fourth-order valence-electron chi connectivity index (χ4n) is 2.01. The molecule has 0 aliphatic heterocycles. The molecule has 0 saturated heterocycles. The molecule has 1 aromatic heterocycles. The molecule has 0 saturated carbocycles. The van der Waals surface area contributed by atoms with Gasteiger partial charge in [0.15, 0.2) is 0 Å². The predicted octanol–water partition coefficient (Wildman–Crippen LogP) is 3.12. The molecule has 0 radical (unpaired) electrons. The number of hydrogen-bond donors (Lipinski definition) is 1. The van der Waals surface area contributed by atoms with Gasteiger partial charge in [-0.2, -0.15) is 0 Å². The summed E-state index contributed by atoms with van der Waals surface area (Å²) in [6.07, 6.45) is 1.69. The molecule has 4 heteroatoms. The van der Waals surface area contributed by atoms with Crippen LogP contribution in [0.3, 0.4) is 0 Å². The van der Waals surface area contributed by atoms with Crippen molar-refractivity contribution in [1.82, 2.24) is 4.98 Å². The molecule has 1 heterocycles. The zero-order valence-electron chi connectivity index (χ0n) is 12.5. The fourth-order valence-corrected chi connectivity index (χ4v) is 2.01. The monoisotopic (exact) mass is 287 g/mol. The van der Waals surface area contributed by atoms with Crippen molar-refractivity contribution >= 4 is 0 Å². The summed E-state index contributed by atoms with van der Waals surface area (Å²) < 4.78 is 10.8. The van der Waals surface area contributed by atoms with Crippen molar-refractivity contribution in [2.45, 2.75) is 26.4 Å². The Morgan fingerprint density at radius 1 is 1.10 bits per heavy atom. The number of methoxy groups -OCH3 is 1. The van der Waals surface area contributed by atoms with Crippen LogP contribution in [0.4, 0.5) is 0 Å². The summed E-state index contributed by atoms with van der Waals surface area (Å²) in [7, 11) is 1.70.